The van der Waals surface area contributed by atoms with E-state index in [0.29, 0.717) is 6.54 Å². The molecule has 1 heterocycles. The van der Waals surface area contributed by atoms with E-state index in [0.717, 1.165) is 12.3 Å². The van der Waals surface area contributed by atoms with Crippen LogP contribution in [-0.4, -0.2) is 42.5 Å². The molecule has 0 bridgehead atoms. The van der Waals surface area contributed by atoms with Crippen LogP contribution in [0, 0.1) is 5.82 Å². The first kappa shape index (κ1) is 13.9. The summed E-state index contributed by atoms with van der Waals surface area (Å²) in [5.74, 6) is -1.00. The van der Waals surface area contributed by atoms with Crippen molar-refractivity contribution in [3.8, 4) is 0 Å². The molecule has 1 atom stereocenters. The zero-order valence-electron chi connectivity index (χ0n) is 10.00. The Hall–Kier alpha value is -1.20. The van der Waals surface area contributed by atoms with Crippen molar-refractivity contribution in [2.75, 3.05) is 20.6 Å². The molecule has 0 aliphatic rings. The number of aromatic nitrogens is 1. The molecule has 0 aromatic carbocycles. The van der Waals surface area contributed by atoms with Crippen LogP contribution in [0.1, 0.15) is 17.3 Å². The molecule has 1 amide bonds. The summed E-state index contributed by atoms with van der Waals surface area (Å²) in [5, 5.41) is 2.72. The van der Waals surface area contributed by atoms with Gasteiger partial charge in [0, 0.05) is 12.6 Å². The molecule has 1 rings (SSSR count). The molecule has 0 radical (unpaired) electrons. The van der Waals surface area contributed by atoms with Gasteiger partial charge in [-0.1, -0.05) is 11.6 Å². The number of amides is 1. The maximum Gasteiger partial charge on any atom is 0.254 e. The van der Waals surface area contributed by atoms with Crippen LogP contribution >= 0.6 is 11.6 Å². The Bertz CT molecular complexity index is 412. The number of hydrogen-bond acceptors (Lipinski definition) is 3. The molecule has 1 aromatic heterocycles. The standard InChI is InChI=1S/C11H15ClFN3O/c1-7(6-16(2)3)15-11(17)9-4-8(13)5-14-10(9)12/h4-5,7H,6H2,1-3H3,(H,15,17). The molecule has 0 aliphatic heterocycles. The van der Waals surface area contributed by atoms with Crippen LogP contribution < -0.4 is 5.32 Å². The summed E-state index contributed by atoms with van der Waals surface area (Å²) in [6, 6.07) is 1.02. The lowest BCUT2D eigenvalue weighted by Gasteiger charge is -2.18. The van der Waals surface area contributed by atoms with E-state index in [4.69, 9.17) is 11.6 Å². The van der Waals surface area contributed by atoms with E-state index in [9.17, 15) is 9.18 Å². The molecule has 94 valence electrons. The van der Waals surface area contributed by atoms with E-state index in [1.807, 2.05) is 25.9 Å². The lowest BCUT2D eigenvalue weighted by atomic mass is 10.2. The first-order valence-electron chi connectivity index (χ1n) is 5.16. The van der Waals surface area contributed by atoms with Gasteiger partial charge in [0.15, 0.2) is 0 Å². The molecule has 0 spiro atoms. The highest BCUT2D eigenvalue weighted by atomic mass is 35.5. The maximum absolute atomic E-state index is 12.9. The quantitative estimate of drug-likeness (QED) is 0.835. The van der Waals surface area contributed by atoms with Crippen molar-refractivity contribution in [2.45, 2.75) is 13.0 Å². The van der Waals surface area contributed by atoms with E-state index in [1.54, 1.807) is 0 Å². The second-order valence-electron chi connectivity index (χ2n) is 4.13. The number of pyridine rings is 1. The van der Waals surface area contributed by atoms with Gasteiger partial charge in [-0.25, -0.2) is 9.37 Å². The molecule has 6 heteroatoms. The van der Waals surface area contributed by atoms with Gasteiger partial charge in [-0.15, -0.1) is 0 Å². The van der Waals surface area contributed by atoms with E-state index >= 15 is 0 Å². The van der Waals surface area contributed by atoms with Gasteiger partial charge < -0.3 is 10.2 Å². The zero-order chi connectivity index (χ0) is 13.0. The minimum absolute atomic E-state index is 0.000882. The third-order valence-electron chi connectivity index (χ3n) is 2.07. The fourth-order valence-corrected chi connectivity index (χ4v) is 1.67. The van der Waals surface area contributed by atoms with Gasteiger partial charge in [-0.2, -0.15) is 0 Å². The zero-order valence-corrected chi connectivity index (χ0v) is 10.8. The molecule has 0 fully saturated rings. The van der Waals surface area contributed by atoms with Crippen molar-refractivity contribution in [1.29, 1.82) is 0 Å². The number of halogens is 2. The molecule has 1 N–H and O–H groups in total. The van der Waals surface area contributed by atoms with Crippen molar-refractivity contribution in [3.05, 3.63) is 28.8 Å². The summed E-state index contributed by atoms with van der Waals surface area (Å²) >= 11 is 5.73. The number of carbonyl (C=O) groups is 1. The summed E-state index contributed by atoms with van der Waals surface area (Å²) in [7, 11) is 3.80. The van der Waals surface area contributed by atoms with Crippen LogP contribution in [0.3, 0.4) is 0 Å². The van der Waals surface area contributed by atoms with Gasteiger partial charge in [0.25, 0.3) is 5.91 Å². The van der Waals surface area contributed by atoms with Gasteiger partial charge in [-0.05, 0) is 27.1 Å². The van der Waals surface area contributed by atoms with Crippen molar-refractivity contribution in [3.63, 3.8) is 0 Å². The maximum atomic E-state index is 12.9. The molecular formula is C11H15ClFN3O. The molecule has 4 nitrogen and oxygen atoms in total. The van der Waals surface area contributed by atoms with E-state index < -0.39 is 11.7 Å². The first-order valence-corrected chi connectivity index (χ1v) is 5.54. The predicted molar refractivity (Wildman–Crippen MR) is 64.7 cm³/mol. The Labute approximate surface area is 105 Å². The normalized spacial score (nSPS) is 12.6. The number of nitrogens with one attached hydrogen (secondary N) is 1. The summed E-state index contributed by atoms with van der Waals surface area (Å²) in [4.78, 5) is 17.3. The van der Waals surface area contributed by atoms with Crippen molar-refractivity contribution < 1.29 is 9.18 Å². The minimum Gasteiger partial charge on any atom is -0.348 e. The highest BCUT2D eigenvalue weighted by Gasteiger charge is 2.15. The second-order valence-corrected chi connectivity index (χ2v) is 4.49. The second kappa shape index (κ2) is 5.93. The van der Waals surface area contributed by atoms with E-state index in [1.165, 1.54) is 0 Å². The lowest BCUT2D eigenvalue weighted by Crippen LogP contribution is -2.39. The number of nitrogens with zero attached hydrogens (tertiary/aromatic N) is 2. The highest BCUT2D eigenvalue weighted by molar-refractivity contribution is 6.32. The van der Waals surface area contributed by atoms with Crippen LogP contribution in [0.2, 0.25) is 5.15 Å². The van der Waals surface area contributed by atoms with E-state index in [2.05, 4.69) is 10.3 Å². The van der Waals surface area contributed by atoms with Crippen molar-refractivity contribution >= 4 is 17.5 Å². The molecule has 17 heavy (non-hydrogen) atoms. The molecule has 1 aromatic rings. The Balaban J connectivity index is 2.73. The fraction of sp³-hybridized carbons (Fsp3) is 0.455. The third-order valence-corrected chi connectivity index (χ3v) is 2.37. The van der Waals surface area contributed by atoms with Gasteiger partial charge in [0.05, 0.1) is 11.8 Å². The average Bonchev–Trinajstić information content (AvgIpc) is 2.20. The third kappa shape index (κ3) is 4.28. The topological polar surface area (TPSA) is 45.2 Å². The van der Waals surface area contributed by atoms with Crippen LogP contribution in [0.25, 0.3) is 0 Å². The molecular weight excluding hydrogens is 245 g/mol. The molecule has 0 saturated carbocycles. The number of hydrogen-bond donors (Lipinski definition) is 1. The Morgan fingerprint density at radius 1 is 1.65 bits per heavy atom. The molecule has 0 saturated heterocycles. The predicted octanol–water partition coefficient (Wildman–Crippen LogP) is 1.55. The molecule has 0 aliphatic carbocycles. The average molecular weight is 260 g/mol. The fourth-order valence-electron chi connectivity index (χ4n) is 1.48. The lowest BCUT2D eigenvalue weighted by molar-refractivity contribution is 0.0933. The van der Waals surface area contributed by atoms with Crippen LogP contribution in [-0.2, 0) is 0 Å². The Kier molecular flexibility index (Phi) is 4.84. The van der Waals surface area contributed by atoms with Gasteiger partial charge in [0.1, 0.15) is 11.0 Å². The van der Waals surface area contributed by atoms with Gasteiger partial charge >= 0.3 is 0 Å². The van der Waals surface area contributed by atoms with Crippen LogP contribution in [0.15, 0.2) is 12.3 Å². The van der Waals surface area contributed by atoms with E-state index in [-0.39, 0.29) is 16.8 Å². The van der Waals surface area contributed by atoms with Crippen molar-refractivity contribution in [2.24, 2.45) is 0 Å². The van der Waals surface area contributed by atoms with Crippen LogP contribution in [0.5, 0.6) is 0 Å². The Morgan fingerprint density at radius 3 is 2.88 bits per heavy atom. The van der Waals surface area contributed by atoms with Crippen molar-refractivity contribution in [1.82, 2.24) is 15.2 Å². The largest absolute Gasteiger partial charge is 0.348 e. The minimum atomic E-state index is -0.584. The van der Waals surface area contributed by atoms with Crippen LogP contribution in [0.4, 0.5) is 4.39 Å². The Morgan fingerprint density at radius 2 is 2.29 bits per heavy atom. The summed E-state index contributed by atoms with van der Waals surface area (Å²) < 4.78 is 12.9. The number of likely N-dealkylation sites (N-methyl/N-ethyl adjacent to an activating group) is 1. The monoisotopic (exact) mass is 259 g/mol. The summed E-state index contributed by atoms with van der Waals surface area (Å²) in [6.07, 6.45) is 0.975. The number of rotatable bonds is 4. The highest BCUT2D eigenvalue weighted by Crippen LogP contribution is 2.13. The molecule has 1 unspecified atom stereocenters. The summed E-state index contributed by atoms with van der Waals surface area (Å²) in [6.45, 7) is 2.55. The van der Waals surface area contributed by atoms with Gasteiger partial charge in [0.2, 0.25) is 0 Å². The van der Waals surface area contributed by atoms with Gasteiger partial charge in [-0.3, -0.25) is 4.79 Å². The first-order chi connectivity index (χ1) is 7.90. The summed E-state index contributed by atoms with van der Waals surface area (Å²) in [5.41, 5.74) is 0.0530. The smallest absolute Gasteiger partial charge is 0.254 e. The SMILES string of the molecule is CC(CN(C)C)NC(=O)c1cc(F)cnc1Cl. The number of carbonyl (C=O) groups excluding carboxylic acids is 1.